The van der Waals surface area contributed by atoms with Gasteiger partial charge in [-0.1, -0.05) is 96.8 Å². The van der Waals surface area contributed by atoms with E-state index >= 15 is 0 Å². The normalized spacial score (nSPS) is 11.5. The number of aryl methyl sites for hydroxylation is 1. The number of nitrogens with zero attached hydrogens (tertiary/aromatic N) is 1. The zero-order valence-corrected chi connectivity index (χ0v) is 20.3. The summed E-state index contributed by atoms with van der Waals surface area (Å²) in [5.41, 5.74) is 5.55. The van der Waals surface area contributed by atoms with Gasteiger partial charge in [0.25, 0.3) is 0 Å². The van der Waals surface area contributed by atoms with E-state index in [1.54, 1.807) is 0 Å². The molecule has 5 heteroatoms. The van der Waals surface area contributed by atoms with Gasteiger partial charge >= 0.3 is 0 Å². The lowest BCUT2D eigenvalue weighted by Gasteiger charge is -2.12. The summed E-state index contributed by atoms with van der Waals surface area (Å²) in [7, 11) is 0. The molecule has 0 radical (unpaired) electrons. The molecule has 0 saturated carbocycles. The number of rotatable bonds is 7. The summed E-state index contributed by atoms with van der Waals surface area (Å²) >= 11 is 13.0. The van der Waals surface area contributed by atoms with Crippen LogP contribution in [0.2, 0.25) is 10.0 Å². The topological polar surface area (TPSA) is 35.3 Å². The highest BCUT2D eigenvalue weighted by molar-refractivity contribution is 6.33. The van der Waals surface area contributed by atoms with Crippen LogP contribution in [0, 0.1) is 6.92 Å². The Bertz CT molecular complexity index is 1260. The van der Waals surface area contributed by atoms with Crippen LogP contribution in [0.3, 0.4) is 0 Å². The maximum atomic E-state index is 6.53. The van der Waals surface area contributed by atoms with Gasteiger partial charge in [-0.05, 0) is 47.9 Å². The van der Waals surface area contributed by atoms with Gasteiger partial charge in [0.05, 0.1) is 15.6 Å². The molecule has 0 aliphatic rings. The van der Waals surface area contributed by atoms with Gasteiger partial charge in [-0.15, -0.1) is 0 Å². The average Bonchev–Trinajstić information content (AvgIpc) is 3.21. The van der Waals surface area contributed by atoms with Gasteiger partial charge in [-0.25, -0.2) is 0 Å². The molecule has 33 heavy (non-hydrogen) atoms. The molecule has 168 valence electrons. The van der Waals surface area contributed by atoms with E-state index in [9.17, 15) is 0 Å². The van der Waals surface area contributed by atoms with Crippen LogP contribution in [0.5, 0.6) is 5.75 Å². The van der Waals surface area contributed by atoms with Gasteiger partial charge in [0.1, 0.15) is 23.8 Å². The molecular weight excluding hydrogens is 453 g/mol. The molecule has 4 rings (SSSR count). The number of aromatic nitrogens is 1. The molecule has 0 spiro atoms. The van der Waals surface area contributed by atoms with Gasteiger partial charge in [0.2, 0.25) is 0 Å². The fourth-order valence-electron chi connectivity index (χ4n) is 3.68. The third-order valence-electron chi connectivity index (χ3n) is 5.41. The summed E-state index contributed by atoms with van der Waals surface area (Å²) in [5.74, 6) is 1.62. The first kappa shape index (κ1) is 23.2. The molecule has 4 aromatic rings. The highest BCUT2D eigenvalue weighted by Gasteiger charge is 2.23. The van der Waals surface area contributed by atoms with Crippen molar-refractivity contribution in [1.82, 2.24) is 5.16 Å². The van der Waals surface area contributed by atoms with E-state index in [0.29, 0.717) is 22.4 Å². The first-order valence-electron chi connectivity index (χ1n) is 10.8. The molecule has 1 heterocycles. The zero-order chi connectivity index (χ0) is 23.4. The second-order valence-corrected chi connectivity index (χ2v) is 8.99. The van der Waals surface area contributed by atoms with Crippen LogP contribution >= 0.6 is 23.2 Å². The first-order chi connectivity index (χ1) is 15.9. The van der Waals surface area contributed by atoms with Crippen molar-refractivity contribution in [3.63, 3.8) is 0 Å². The highest BCUT2D eigenvalue weighted by Crippen LogP contribution is 2.37. The predicted octanol–water partition coefficient (Wildman–Crippen LogP) is 8.83. The van der Waals surface area contributed by atoms with E-state index < -0.39 is 0 Å². The highest BCUT2D eigenvalue weighted by atomic mass is 35.5. The van der Waals surface area contributed by atoms with E-state index in [-0.39, 0.29) is 5.92 Å². The van der Waals surface area contributed by atoms with Crippen molar-refractivity contribution < 1.29 is 9.26 Å². The summed E-state index contributed by atoms with van der Waals surface area (Å²) in [6.07, 6.45) is 4.03. The minimum Gasteiger partial charge on any atom is -0.489 e. The smallest absolute Gasteiger partial charge is 0.146 e. The van der Waals surface area contributed by atoms with Crippen molar-refractivity contribution in [3.8, 4) is 17.0 Å². The van der Waals surface area contributed by atoms with Gasteiger partial charge in [0.15, 0.2) is 0 Å². The van der Waals surface area contributed by atoms with Gasteiger partial charge in [-0.3, -0.25) is 0 Å². The first-order valence-corrected chi connectivity index (χ1v) is 11.6. The molecule has 0 amide bonds. The van der Waals surface area contributed by atoms with Crippen LogP contribution in [-0.2, 0) is 6.61 Å². The quantitative estimate of drug-likeness (QED) is 0.249. The summed E-state index contributed by atoms with van der Waals surface area (Å²) < 4.78 is 11.8. The lowest BCUT2D eigenvalue weighted by molar-refractivity contribution is 0.298. The van der Waals surface area contributed by atoms with Gasteiger partial charge in [0, 0.05) is 11.5 Å². The molecule has 0 bridgehead atoms. The third-order valence-corrected chi connectivity index (χ3v) is 6.05. The molecule has 1 aromatic heterocycles. The van der Waals surface area contributed by atoms with Crippen LogP contribution < -0.4 is 4.74 Å². The predicted molar refractivity (Wildman–Crippen MR) is 137 cm³/mol. The Kier molecular flexibility index (Phi) is 7.22. The fourth-order valence-corrected chi connectivity index (χ4v) is 4.23. The molecule has 3 aromatic carbocycles. The minimum absolute atomic E-state index is 0.154. The summed E-state index contributed by atoms with van der Waals surface area (Å²) in [6, 6.07) is 21.6. The number of hydrogen-bond donors (Lipinski definition) is 0. The molecule has 0 aliphatic heterocycles. The van der Waals surface area contributed by atoms with Crippen LogP contribution in [0.4, 0.5) is 0 Å². The molecule has 0 fully saturated rings. The van der Waals surface area contributed by atoms with Gasteiger partial charge < -0.3 is 9.26 Å². The Morgan fingerprint density at radius 2 is 1.73 bits per heavy atom. The maximum absolute atomic E-state index is 6.53. The summed E-state index contributed by atoms with van der Waals surface area (Å²) in [4.78, 5) is 0. The number of benzene rings is 3. The van der Waals surface area contributed by atoms with Crippen molar-refractivity contribution in [1.29, 1.82) is 0 Å². The Balaban J connectivity index is 1.57. The third kappa shape index (κ3) is 5.32. The second-order valence-electron chi connectivity index (χ2n) is 8.18. The molecule has 0 aliphatic carbocycles. The molecule has 3 nitrogen and oxygen atoms in total. The van der Waals surface area contributed by atoms with Crippen molar-refractivity contribution in [2.75, 3.05) is 0 Å². The average molecular weight is 478 g/mol. The van der Waals surface area contributed by atoms with Crippen molar-refractivity contribution in [2.24, 2.45) is 0 Å². The van der Waals surface area contributed by atoms with E-state index in [1.807, 2.05) is 85.8 Å². The number of ether oxygens (including phenoxy) is 1. The SMILES string of the molecule is Cc1cccc(Cl)c1-c1noc(C(C)C)c1COc1ccc(/C=C/c2ccccc2)c(Cl)c1. The molecule has 0 atom stereocenters. The fraction of sp³-hybridized carbons (Fsp3) is 0.179. The molecule has 0 unspecified atom stereocenters. The van der Waals surface area contributed by atoms with Crippen LogP contribution in [0.25, 0.3) is 23.4 Å². The molecule has 0 N–H and O–H groups in total. The Labute approximate surface area is 204 Å². The van der Waals surface area contributed by atoms with Crippen LogP contribution in [0.15, 0.2) is 71.3 Å². The van der Waals surface area contributed by atoms with E-state index in [0.717, 1.165) is 39.3 Å². The monoisotopic (exact) mass is 477 g/mol. The minimum atomic E-state index is 0.154. The molecule has 0 saturated heterocycles. The standard InChI is InChI=1S/C28H25Cl2NO2/c1-18(2)28-23(27(31-33-28)26-19(3)8-7-11-24(26)29)17-32-22-15-14-21(25(30)16-22)13-12-20-9-5-4-6-10-20/h4-16,18H,17H2,1-3H3/b13-12+. The number of hydrogen-bond acceptors (Lipinski definition) is 3. The van der Waals surface area contributed by atoms with Crippen molar-refractivity contribution in [2.45, 2.75) is 33.3 Å². The van der Waals surface area contributed by atoms with Crippen LogP contribution in [-0.4, -0.2) is 5.16 Å². The Hall–Kier alpha value is -3.01. The Morgan fingerprint density at radius 1 is 0.939 bits per heavy atom. The number of halogens is 2. The summed E-state index contributed by atoms with van der Waals surface area (Å²) in [5, 5.41) is 5.61. The van der Waals surface area contributed by atoms with Crippen molar-refractivity contribution >= 4 is 35.4 Å². The molecular formula is C28H25Cl2NO2. The zero-order valence-electron chi connectivity index (χ0n) is 18.8. The van der Waals surface area contributed by atoms with Crippen molar-refractivity contribution in [3.05, 3.63) is 105 Å². The van der Waals surface area contributed by atoms with E-state index in [2.05, 4.69) is 19.0 Å². The van der Waals surface area contributed by atoms with Crippen LogP contribution in [0.1, 0.15) is 47.8 Å². The lowest BCUT2D eigenvalue weighted by atomic mass is 9.98. The van der Waals surface area contributed by atoms with E-state index in [4.69, 9.17) is 32.5 Å². The second kappa shape index (κ2) is 10.3. The summed E-state index contributed by atoms with van der Waals surface area (Å²) in [6.45, 7) is 6.44. The Morgan fingerprint density at radius 3 is 2.42 bits per heavy atom. The largest absolute Gasteiger partial charge is 0.489 e. The van der Waals surface area contributed by atoms with Gasteiger partial charge in [-0.2, -0.15) is 0 Å². The van der Waals surface area contributed by atoms with E-state index in [1.165, 1.54) is 0 Å². The maximum Gasteiger partial charge on any atom is 0.146 e. The lowest BCUT2D eigenvalue weighted by Crippen LogP contribution is -2.01.